The first kappa shape index (κ1) is 19.6. The zero-order chi connectivity index (χ0) is 20.3. The molecule has 2 heterocycles. The third kappa shape index (κ3) is 4.22. The predicted octanol–water partition coefficient (Wildman–Crippen LogP) is 3.91. The normalized spacial score (nSPS) is 15.4. The van der Waals surface area contributed by atoms with E-state index in [1.54, 1.807) is 0 Å². The van der Waals surface area contributed by atoms with E-state index in [-0.39, 0.29) is 30.1 Å². The van der Waals surface area contributed by atoms with Crippen LogP contribution in [0, 0.1) is 5.82 Å². The molecule has 0 spiro atoms. The lowest BCUT2D eigenvalue weighted by molar-refractivity contribution is -0.137. The first-order valence-electron chi connectivity index (χ1n) is 8.29. The fraction of sp³-hybridized carbons (Fsp3) is 0.438. The van der Waals surface area contributed by atoms with Crippen LogP contribution in [0.25, 0.3) is 21.8 Å². The van der Waals surface area contributed by atoms with E-state index in [0.29, 0.717) is 44.1 Å². The van der Waals surface area contributed by atoms with Gasteiger partial charge in [-0.25, -0.2) is 4.39 Å². The fourth-order valence-corrected chi connectivity index (χ4v) is 2.95. The van der Waals surface area contributed by atoms with Crippen molar-refractivity contribution in [2.75, 3.05) is 19.6 Å². The average molecular weight is 398 g/mol. The first-order chi connectivity index (χ1) is 13.3. The molecule has 1 fully saturated rings. The number of carbonyl (C=O) groups excluding carboxylic acids is 1. The Hall–Kier alpha value is -3.14. The van der Waals surface area contributed by atoms with Crippen LogP contribution in [0.1, 0.15) is 30.2 Å². The van der Waals surface area contributed by atoms with E-state index < -0.39 is 23.1 Å². The molecule has 1 aliphatic heterocycles. The topological polar surface area (TPSA) is 108 Å². The lowest BCUT2D eigenvalue weighted by Crippen LogP contribution is -2.39. The van der Waals surface area contributed by atoms with Crippen molar-refractivity contribution < 1.29 is 26.9 Å². The number of alkyl halides is 3. The van der Waals surface area contributed by atoms with Gasteiger partial charge in [0.2, 0.25) is 17.6 Å². The fourth-order valence-electron chi connectivity index (χ4n) is 2.95. The quantitative estimate of drug-likeness (QED) is 0.337. The predicted molar refractivity (Wildman–Crippen MR) is 87.3 cm³/mol. The van der Waals surface area contributed by atoms with Gasteiger partial charge >= 0.3 is 6.18 Å². The summed E-state index contributed by atoms with van der Waals surface area (Å²) in [6, 6.07) is 1.99. The maximum absolute atomic E-state index is 14.0. The second kappa shape index (κ2) is 7.85. The second-order valence-electron chi connectivity index (χ2n) is 6.19. The minimum Gasteiger partial charge on any atom is -0.343 e. The van der Waals surface area contributed by atoms with Crippen LogP contribution in [-0.4, -0.2) is 40.6 Å². The lowest BCUT2D eigenvalue weighted by Gasteiger charge is -2.30. The van der Waals surface area contributed by atoms with Gasteiger partial charge in [-0.2, -0.15) is 18.2 Å². The molecule has 2 aromatic rings. The zero-order valence-corrected chi connectivity index (χ0v) is 14.4. The van der Waals surface area contributed by atoms with Gasteiger partial charge in [0.1, 0.15) is 12.4 Å². The van der Waals surface area contributed by atoms with Crippen LogP contribution in [-0.2, 0) is 11.0 Å². The lowest BCUT2D eigenvalue weighted by atomic mass is 9.96. The SMILES string of the molecule is [N-]=[N+]=NCC(=O)N1CCC(c2nc(-c3cc(C(F)(F)F)ccc3F)no2)CC1. The van der Waals surface area contributed by atoms with E-state index >= 15 is 0 Å². The van der Waals surface area contributed by atoms with Crippen molar-refractivity contribution in [1.82, 2.24) is 15.0 Å². The molecule has 0 aliphatic carbocycles. The Labute approximate surface area is 155 Å². The summed E-state index contributed by atoms with van der Waals surface area (Å²) in [5.74, 6) is -1.49. The highest BCUT2D eigenvalue weighted by Gasteiger charge is 2.32. The smallest absolute Gasteiger partial charge is 0.343 e. The maximum atomic E-state index is 14.0. The molecule has 0 unspecified atom stereocenters. The summed E-state index contributed by atoms with van der Waals surface area (Å²) < 4.78 is 57.6. The minimum absolute atomic E-state index is 0.175. The summed E-state index contributed by atoms with van der Waals surface area (Å²) >= 11 is 0. The molecule has 0 saturated carbocycles. The number of piperidine rings is 1. The van der Waals surface area contributed by atoms with Crippen LogP contribution in [0.4, 0.5) is 17.6 Å². The van der Waals surface area contributed by atoms with E-state index in [4.69, 9.17) is 10.1 Å². The van der Waals surface area contributed by atoms with Crippen LogP contribution in [0.2, 0.25) is 0 Å². The number of hydrogen-bond acceptors (Lipinski definition) is 5. The number of likely N-dealkylation sites (tertiary alicyclic amines) is 1. The number of hydrogen-bond donors (Lipinski definition) is 0. The first-order valence-corrected chi connectivity index (χ1v) is 8.29. The van der Waals surface area contributed by atoms with E-state index in [0.717, 1.165) is 0 Å². The third-order valence-corrected chi connectivity index (χ3v) is 4.44. The second-order valence-corrected chi connectivity index (χ2v) is 6.19. The Morgan fingerprint density at radius 3 is 2.71 bits per heavy atom. The van der Waals surface area contributed by atoms with Crippen LogP contribution in [0.3, 0.4) is 0 Å². The van der Waals surface area contributed by atoms with Gasteiger partial charge in [-0.15, -0.1) is 0 Å². The van der Waals surface area contributed by atoms with Crippen LogP contribution >= 0.6 is 0 Å². The minimum atomic E-state index is -4.62. The summed E-state index contributed by atoms with van der Waals surface area (Å²) in [5, 5.41) is 6.84. The highest BCUT2D eigenvalue weighted by molar-refractivity contribution is 5.78. The number of benzene rings is 1. The molecule has 0 radical (unpaired) electrons. The number of carbonyl (C=O) groups is 1. The van der Waals surface area contributed by atoms with Crippen molar-refractivity contribution in [2.45, 2.75) is 24.9 Å². The number of aromatic nitrogens is 2. The standard InChI is InChI=1S/C16H14F4N6O2/c17-12-2-1-10(16(18,19)20)7-11(12)14-23-15(28-24-14)9-3-5-26(6-4-9)13(27)8-22-25-21/h1-2,7,9H,3-6,8H2. The molecule has 0 bridgehead atoms. The molecular weight excluding hydrogens is 384 g/mol. The Bertz CT molecular complexity index is 914. The molecule has 0 atom stereocenters. The van der Waals surface area contributed by atoms with Crippen molar-refractivity contribution in [1.29, 1.82) is 0 Å². The summed E-state index contributed by atoms with van der Waals surface area (Å²) in [4.78, 5) is 19.9. The van der Waals surface area contributed by atoms with E-state index in [1.807, 2.05) is 0 Å². The van der Waals surface area contributed by atoms with Gasteiger partial charge in [0.05, 0.1) is 11.1 Å². The number of nitrogens with zero attached hydrogens (tertiary/aromatic N) is 6. The summed E-state index contributed by atoms with van der Waals surface area (Å²) in [6.07, 6.45) is -3.66. The molecule has 1 aromatic heterocycles. The van der Waals surface area contributed by atoms with Crippen molar-refractivity contribution in [2.24, 2.45) is 5.11 Å². The number of halogens is 4. The summed E-state index contributed by atoms with van der Waals surface area (Å²) in [6.45, 7) is 0.487. The Morgan fingerprint density at radius 1 is 1.36 bits per heavy atom. The maximum Gasteiger partial charge on any atom is 0.416 e. The van der Waals surface area contributed by atoms with Gasteiger partial charge in [-0.1, -0.05) is 10.3 Å². The zero-order valence-electron chi connectivity index (χ0n) is 14.4. The molecule has 1 aliphatic rings. The highest BCUT2D eigenvalue weighted by Crippen LogP contribution is 2.34. The van der Waals surface area contributed by atoms with Gasteiger partial charge in [0.25, 0.3) is 0 Å². The Balaban J connectivity index is 1.72. The molecule has 148 valence electrons. The van der Waals surface area contributed by atoms with E-state index in [9.17, 15) is 22.4 Å². The molecular formula is C16H14F4N6O2. The Kier molecular flexibility index (Phi) is 5.50. The summed E-state index contributed by atoms with van der Waals surface area (Å²) in [5.41, 5.74) is 6.84. The molecule has 8 nitrogen and oxygen atoms in total. The highest BCUT2D eigenvalue weighted by atomic mass is 19.4. The van der Waals surface area contributed by atoms with Crippen molar-refractivity contribution in [3.05, 3.63) is 45.9 Å². The summed E-state index contributed by atoms with van der Waals surface area (Å²) in [7, 11) is 0. The largest absolute Gasteiger partial charge is 0.416 e. The van der Waals surface area contributed by atoms with Gasteiger partial charge in [-0.3, -0.25) is 4.79 Å². The van der Waals surface area contributed by atoms with Gasteiger partial charge in [0.15, 0.2) is 0 Å². The van der Waals surface area contributed by atoms with E-state index in [2.05, 4.69) is 20.2 Å². The van der Waals surface area contributed by atoms with Crippen LogP contribution in [0.15, 0.2) is 27.8 Å². The molecule has 1 amide bonds. The van der Waals surface area contributed by atoms with Gasteiger partial charge in [0, 0.05) is 23.9 Å². The van der Waals surface area contributed by atoms with Crippen LogP contribution in [0.5, 0.6) is 0 Å². The van der Waals surface area contributed by atoms with Gasteiger partial charge < -0.3 is 9.42 Å². The molecule has 3 rings (SSSR count). The molecule has 0 N–H and O–H groups in total. The molecule has 28 heavy (non-hydrogen) atoms. The monoisotopic (exact) mass is 398 g/mol. The average Bonchev–Trinajstić information content (AvgIpc) is 3.15. The van der Waals surface area contributed by atoms with Crippen LogP contribution < -0.4 is 0 Å². The number of rotatable bonds is 4. The molecule has 1 aromatic carbocycles. The third-order valence-electron chi connectivity index (χ3n) is 4.44. The molecule has 12 heteroatoms. The van der Waals surface area contributed by atoms with Gasteiger partial charge in [-0.05, 0) is 36.6 Å². The molecule has 1 saturated heterocycles. The van der Waals surface area contributed by atoms with Crippen molar-refractivity contribution in [3.8, 4) is 11.4 Å². The Morgan fingerprint density at radius 2 is 2.07 bits per heavy atom. The van der Waals surface area contributed by atoms with Crippen molar-refractivity contribution in [3.63, 3.8) is 0 Å². The van der Waals surface area contributed by atoms with Crippen molar-refractivity contribution >= 4 is 5.91 Å². The van der Waals surface area contributed by atoms with E-state index in [1.165, 1.54) is 4.90 Å². The number of amides is 1. The number of azide groups is 1.